The first-order chi connectivity index (χ1) is 14.7. The fourth-order valence-corrected chi connectivity index (χ4v) is 8.98. The van der Waals surface area contributed by atoms with Crippen LogP contribution in [0.25, 0.3) is 0 Å². The highest BCUT2D eigenvalue weighted by atomic mass is 33.1. The Kier molecular flexibility index (Phi) is 10.3. The predicted molar refractivity (Wildman–Crippen MR) is 132 cm³/mol. The van der Waals surface area contributed by atoms with Gasteiger partial charge in [-0.25, -0.2) is 4.67 Å². The van der Waals surface area contributed by atoms with E-state index in [0.29, 0.717) is 13.0 Å². The van der Waals surface area contributed by atoms with Crippen LogP contribution in [0.5, 0.6) is 11.5 Å². The van der Waals surface area contributed by atoms with Gasteiger partial charge in [-0.15, -0.1) is 0 Å². The Morgan fingerprint density at radius 3 is 2.39 bits per heavy atom. The highest BCUT2D eigenvalue weighted by Crippen LogP contribution is 2.64. The second kappa shape index (κ2) is 12.0. The molecule has 2 rings (SSSR count). The maximum atomic E-state index is 8.99. The molecular weight excluding hydrogens is 451 g/mol. The number of nitriles is 1. The van der Waals surface area contributed by atoms with Crippen molar-refractivity contribution in [1.29, 1.82) is 5.26 Å². The highest BCUT2D eigenvalue weighted by Gasteiger charge is 2.49. The van der Waals surface area contributed by atoms with Crippen LogP contribution in [0.1, 0.15) is 58.8 Å². The molecule has 0 radical (unpaired) electrons. The van der Waals surface area contributed by atoms with E-state index in [2.05, 4.69) is 58.3 Å². The summed E-state index contributed by atoms with van der Waals surface area (Å²) in [6.45, 7) is 13.4. The molecule has 31 heavy (non-hydrogen) atoms. The molecule has 6 nitrogen and oxygen atoms in total. The van der Waals surface area contributed by atoms with E-state index < -0.39 is 8.53 Å². The van der Waals surface area contributed by atoms with Crippen molar-refractivity contribution in [3.63, 3.8) is 0 Å². The monoisotopic (exact) mass is 486 g/mol. The normalized spacial score (nSPS) is 21.5. The maximum absolute atomic E-state index is 8.99. The van der Waals surface area contributed by atoms with Gasteiger partial charge in [-0.2, -0.15) is 5.26 Å². The molecule has 1 fully saturated rings. The van der Waals surface area contributed by atoms with E-state index in [1.807, 2.05) is 33.7 Å². The van der Waals surface area contributed by atoms with Crippen LogP contribution in [0.2, 0.25) is 0 Å². The van der Waals surface area contributed by atoms with Crippen LogP contribution in [0, 0.1) is 11.3 Å². The van der Waals surface area contributed by atoms with E-state index >= 15 is 0 Å². The second-order valence-electron chi connectivity index (χ2n) is 8.38. The molecule has 1 heterocycles. The molecule has 1 aliphatic heterocycles. The van der Waals surface area contributed by atoms with E-state index in [1.165, 1.54) is 0 Å². The smallest absolute Gasteiger partial charge is 0.259 e. The van der Waals surface area contributed by atoms with Gasteiger partial charge in [0.05, 0.1) is 44.7 Å². The molecule has 1 aromatic carbocycles. The Balaban J connectivity index is 2.38. The molecule has 0 N–H and O–H groups in total. The van der Waals surface area contributed by atoms with Gasteiger partial charge < -0.3 is 18.5 Å². The van der Waals surface area contributed by atoms with E-state index in [-0.39, 0.29) is 28.2 Å². The first-order valence-electron chi connectivity index (χ1n) is 10.5. The molecule has 0 amide bonds. The van der Waals surface area contributed by atoms with Gasteiger partial charge >= 0.3 is 0 Å². The average molecular weight is 487 g/mol. The zero-order chi connectivity index (χ0) is 23.2. The number of hydrogen-bond donors (Lipinski definition) is 0. The maximum Gasteiger partial charge on any atom is 0.259 e. The molecule has 0 bridgehead atoms. The first kappa shape index (κ1) is 26.6. The van der Waals surface area contributed by atoms with Gasteiger partial charge in [-0.3, -0.25) is 0 Å². The standard InChI is InChI=1S/C22H35N2O4PS2/c1-15(2)24(16(3)4)29(27-13-9-12-23)28-21-20(30-31-22(21,5)6)18-11-10-17(25-7)14-19(18)26-8/h10-11,14-16,20-21H,9,13H2,1-8H3/t20-,21-,29?/m0/s1. The number of hydrogen-bond acceptors (Lipinski definition) is 8. The van der Waals surface area contributed by atoms with Crippen LogP contribution in [0.3, 0.4) is 0 Å². The number of rotatable bonds is 11. The Bertz CT molecular complexity index is 750. The Labute approximate surface area is 196 Å². The first-order valence-corrected chi connectivity index (χ1v) is 13.8. The zero-order valence-corrected chi connectivity index (χ0v) is 22.3. The van der Waals surface area contributed by atoms with Gasteiger partial charge in [-0.1, -0.05) is 27.7 Å². The predicted octanol–water partition coefficient (Wildman–Crippen LogP) is 6.58. The van der Waals surface area contributed by atoms with Crippen LogP contribution in [-0.4, -0.2) is 48.4 Å². The van der Waals surface area contributed by atoms with Gasteiger partial charge in [0, 0.05) is 28.5 Å². The van der Waals surface area contributed by atoms with Crippen molar-refractivity contribution in [3.05, 3.63) is 23.8 Å². The molecule has 0 aromatic heterocycles. The van der Waals surface area contributed by atoms with Crippen LogP contribution >= 0.6 is 30.1 Å². The van der Waals surface area contributed by atoms with Crippen LogP contribution in [0.4, 0.5) is 0 Å². The Morgan fingerprint density at radius 1 is 1.16 bits per heavy atom. The number of nitrogens with zero attached hydrogens (tertiary/aromatic N) is 2. The molecule has 1 aliphatic rings. The van der Waals surface area contributed by atoms with Crippen molar-refractivity contribution in [1.82, 2.24) is 4.67 Å². The van der Waals surface area contributed by atoms with Gasteiger partial charge in [0.1, 0.15) is 11.5 Å². The van der Waals surface area contributed by atoms with Crippen LogP contribution in [0.15, 0.2) is 18.2 Å². The lowest BCUT2D eigenvalue weighted by Gasteiger charge is -2.39. The number of methoxy groups -OCH3 is 2. The van der Waals surface area contributed by atoms with Crippen molar-refractivity contribution in [2.45, 2.75) is 76.1 Å². The lowest BCUT2D eigenvalue weighted by atomic mass is 9.97. The largest absolute Gasteiger partial charge is 0.497 e. The number of benzene rings is 1. The molecular formula is C22H35N2O4PS2. The minimum atomic E-state index is -1.33. The van der Waals surface area contributed by atoms with E-state index in [9.17, 15) is 0 Å². The van der Waals surface area contributed by atoms with Crippen molar-refractivity contribution >= 4 is 30.1 Å². The molecule has 1 unspecified atom stereocenters. The summed E-state index contributed by atoms with van der Waals surface area (Å²) in [7, 11) is 5.64. The topological polar surface area (TPSA) is 64.0 Å². The van der Waals surface area contributed by atoms with Crippen LogP contribution in [-0.2, 0) is 9.05 Å². The summed E-state index contributed by atoms with van der Waals surface area (Å²) in [5.74, 6) is 1.56. The van der Waals surface area contributed by atoms with Gasteiger partial charge in [0.15, 0.2) is 0 Å². The summed E-state index contributed by atoms with van der Waals surface area (Å²) in [5, 5.41) is 9.06. The Morgan fingerprint density at radius 2 is 1.84 bits per heavy atom. The summed E-state index contributed by atoms with van der Waals surface area (Å²) in [5.41, 5.74) is 1.09. The molecule has 174 valence electrons. The highest BCUT2D eigenvalue weighted by molar-refractivity contribution is 8.77. The van der Waals surface area contributed by atoms with Crippen molar-refractivity contribution < 1.29 is 18.5 Å². The van der Waals surface area contributed by atoms with E-state index in [1.54, 1.807) is 14.2 Å². The van der Waals surface area contributed by atoms with Crippen LogP contribution < -0.4 is 9.47 Å². The minimum absolute atomic E-state index is 0.0756. The molecule has 0 saturated carbocycles. The summed E-state index contributed by atoms with van der Waals surface area (Å²) in [6.07, 6.45) is 0.248. The molecule has 1 saturated heterocycles. The summed E-state index contributed by atoms with van der Waals surface area (Å²) >= 11 is 0. The summed E-state index contributed by atoms with van der Waals surface area (Å²) in [6, 6.07) is 8.63. The lowest BCUT2D eigenvalue weighted by molar-refractivity contribution is 0.114. The minimum Gasteiger partial charge on any atom is -0.497 e. The second-order valence-corrected chi connectivity index (χ2v) is 12.8. The average Bonchev–Trinajstić information content (AvgIpc) is 3.01. The Hall–Kier alpha value is -0.680. The third kappa shape index (κ3) is 6.66. The molecule has 9 heteroatoms. The fraction of sp³-hybridized carbons (Fsp3) is 0.682. The van der Waals surface area contributed by atoms with Gasteiger partial charge in [-0.05, 0) is 47.6 Å². The van der Waals surface area contributed by atoms with Crippen molar-refractivity contribution in [2.75, 3.05) is 20.8 Å². The fourth-order valence-electron chi connectivity index (χ4n) is 3.48. The van der Waals surface area contributed by atoms with Gasteiger partial charge in [0.2, 0.25) is 0 Å². The molecule has 0 aliphatic carbocycles. The third-order valence-corrected chi connectivity index (χ3v) is 10.7. The molecule has 0 spiro atoms. The summed E-state index contributed by atoms with van der Waals surface area (Å²) in [4.78, 5) is 0. The molecule has 3 atom stereocenters. The quantitative estimate of drug-likeness (QED) is 0.197. The van der Waals surface area contributed by atoms with Crippen molar-refractivity contribution in [3.8, 4) is 17.6 Å². The summed E-state index contributed by atoms with van der Waals surface area (Å²) < 4.78 is 26.2. The SMILES string of the molecule is COc1ccc([C@@H]2SSC(C)(C)[C@H]2OP(OCCC#N)N(C(C)C)C(C)C)c(OC)c1. The third-order valence-electron chi connectivity index (χ3n) is 4.94. The van der Waals surface area contributed by atoms with E-state index in [0.717, 1.165) is 17.1 Å². The van der Waals surface area contributed by atoms with E-state index in [4.69, 9.17) is 23.8 Å². The van der Waals surface area contributed by atoms with Gasteiger partial charge in [0.25, 0.3) is 8.53 Å². The molecule has 1 aromatic rings. The lowest BCUT2D eigenvalue weighted by Crippen LogP contribution is -2.39. The van der Waals surface area contributed by atoms with Crippen molar-refractivity contribution in [2.24, 2.45) is 0 Å². The number of ether oxygens (including phenoxy) is 2. The zero-order valence-electron chi connectivity index (χ0n) is 19.7.